The van der Waals surface area contributed by atoms with E-state index in [2.05, 4.69) is 19.1 Å². The van der Waals surface area contributed by atoms with E-state index in [1.165, 1.54) is 30.4 Å². The Bertz CT molecular complexity index is 625. The third-order valence-electron chi connectivity index (χ3n) is 6.85. The fourth-order valence-electron chi connectivity index (χ4n) is 6.52. The number of carbonyl (C=O) groups excluding carboxylic acids is 1. The fourth-order valence-corrected chi connectivity index (χ4v) is 6.52. The lowest BCUT2D eigenvalue weighted by Gasteiger charge is -2.61. The van der Waals surface area contributed by atoms with E-state index in [-0.39, 0.29) is 17.9 Å². The van der Waals surface area contributed by atoms with Crippen molar-refractivity contribution in [3.63, 3.8) is 0 Å². The molecule has 3 nitrogen and oxygen atoms in total. The van der Waals surface area contributed by atoms with E-state index in [0.717, 1.165) is 30.2 Å². The average Bonchev–Trinajstić information content (AvgIpc) is 2.46. The highest BCUT2D eigenvalue weighted by molar-refractivity contribution is 5.75. The first-order chi connectivity index (χ1) is 11.0. The van der Waals surface area contributed by atoms with Crippen LogP contribution in [0.15, 0.2) is 18.2 Å². The quantitative estimate of drug-likeness (QED) is 0.896. The van der Waals surface area contributed by atoms with Crippen molar-refractivity contribution >= 4 is 5.91 Å². The molecule has 3 N–H and O–H groups in total. The first-order valence-corrected chi connectivity index (χ1v) is 8.99. The number of aliphatic hydroxyl groups is 1. The van der Waals surface area contributed by atoms with E-state index in [1.807, 2.05) is 6.07 Å². The van der Waals surface area contributed by atoms with Gasteiger partial charge in [-0.3, -0.25) is 4.79 Å². The van der Waals surface area contributed by atoms with Crippen molar-refractivity contribution < 1.29 is 9.90 Å². The number of carbonyl (C=O) groups is 1. The summed E-state index contributed by atoms with van der Waals surface area (Å²) in [6.07, 6.45) is 6.84. The van der Waals surface area contributed by atoms with Crippen molar-refractivity contribution in [2.45, 2.75) is 58.0 Å². The normalized spacial score (nSPS) is 38.0. The van der Waals surface area contributed by atoms with Gasteiger partial charge in [0.2, 0.25) is 5.91 Å². The molecule has 0 radical (unpaired) electrons. The highest BCUT2D eigenvalue weighted by Crippen LogP contribution is 2.67. The van der Waals surface area contributed by atoms with Crippen molar-refractivity contribution in [3.05, 3.63) is 34.9 Å². The van der Waals surface area contributed by atoms with Crippen LogP contribution in [0.3, 0.4) is 0 Å². The molecule has 0 heterocycles. The van der Waals surface area contributed by atoms with Crippen LogP contribution in [0.1, 0.15) is 61.1 Å². The largest absolute Gasteiger partial charge is 0.392 e. The number of primary amides is 1. The zero-order valence-corrected chi connectivity index (χ0v) is 13.9. The van der Waals surface area contributed by atoms with Crippen molar-refractivity contribution in [1.29, 1.82) is 0 Å². The second-order valence-corrected chi connectivity index (χ2v) is 8.44. The molecule has 3 atom stereocenters. The molecule has 124 valence electrons. The summed E-state index contributed by atoms with van der Waals surface area (Å²) in [6, 6.07) is 6.32. The minimum Gasteiger partial charge on any atom is -0.392 e. The van der Waals surface area contributed by atoms with E-state index in [4.69, 9.17) is 5.73 Å². The zero-order valence-electron chi connectivity index (χ0n) is 13.9. The number of aliphatic hydroxyl groups excluding tert-OH is 1. The van der Waals surface area contributed by atoms with E-state index in [0.29, 0.717) is 18.3 Å². The predicted molar refractivity (Wildman–Crippen MR) is 89.6 cm³/mol. The molecule has 4 fully saturated rings. The van der Waals surface area contributed by atoms with Crippen molar-refractivity contribution in [2.24, 2.45) is 28.9 Å². The summed E-state index contributed by atoms with van der Waals surface area (Å²) < 4.78 is 0. The minimum absolute atomic E-state index is 0.0689. The number of rotatable bonds is 4. The van der Waals surface area contributed by atoms with Gasteiger partial charge in [-0.1, -0.05) is 18.2 Å². The number of aryl methyl sites for hydroxylation is 1. The molecule has 0 aliphatic heterocycles. The van der Waals surface area contributed by atoms with Crippen LogP contribution >= 0.6 is 0 Å². The molecule has 4 bridgehead atoms. The number of hydrogen-bond acceptors (Lipinski definition) is 2. The number of benzene rings is 1. The van der Waals surface area contributed by atoms with Gasteiger partial charge >= 0.3 is 0 Å². The Balaban J connectivity index is 1.80. The van der Waals surface area contributed by atoms with Gasteiger partial charge in [0.05, 0.1) is 6.61 Å². The molecule has 1 aromatic carbocycles. The van der Waals surface area contributed by atoms with Crippen LogP contribution in [0.25, 0.3) is 0 Å². The summed E-state index contributed by atoms with van der Waals surface area (Å²) in [5.41, 5.74) is 9.38. The Kier molecular flexibility index (Phi) is 3.53. The molecule has 5 rings (SSSR count). The molecule has 23 heavy (non-hydrogen) atoms. The third-order valence-corrected chi connectivity index (χ3v) is 6.85. The number of hydrogen-bond donors (Lipinski definition) is 2. The van der Waals surface area contributed by atoms with Gasteiger partial charge < -0.3 is 10.8 Å². The minimum atomic E-state index is -0.145. The Morgan fingerprint density at radius 1 is 1.26 bits per heavy atom. The maximum atomic E-state index is 11.9. The first kappa shape index (κ1) is 15.2. The molecule has 4 saturated carbocycles. The monoisotopic (exact) mass is 313 g/mol. The van der Waals surface area contributed by atoms with Gasteiger partial charge in [-0.2, -0.15) is 0 Å². The van der Waals surface area contributed by atoms with Crippen LogP contribution < -0.4 is 5.73 Å². The summed E-state index contributed by atoms with van der Waals surface area (Å²) in [5, 5.41) is 9.54. The average molecular weight is 313 g/mol. The summed E-state index contributed by atoms with van der Waals surface area (Å²) in [5.74, 6) is 2.57. The molecule has 0 saturated heterocycles. The predicted octanol–water partition coefficient (Wildman–Crippen LogP) is 3.27. The number of amides is 1. The standard InChI is InChI=1S/C20H27NO2/c1-12-2-3-13(11-22)7-17(12)19-16-5-14-4-15(6-16)9-20(19,8-14)10-18(21)23/h2-3,7,14-16,19,22H,4-6,8-11H2,1H3,(H2,21,23). The highest BCUT2D eigenvalue weighted by atomic mass is 16.3. The molecule has 4 aliphatic carbocycles. The van der Waals surface area contributed by atoms with Gasteiger partial charge in [-0.05, 0) is 84.8 Å². The van der Waals surface area contributed by atoms with Gasteiger partial charge in [0.25, 0.3) is 0 Å². The van der Waals surface area contributed by atoms with Crippen molar-refractivity contribution in [3.8, 4) is 0 Å². The van der Waals surface area contributed by atoms with Crippen LogP contribution in [0.4, 0.5) is 0 Å². The van der Waals surface area contributed by atoms with E-state index in [9.17, 15) is 9.90 Å². The molecule has 4 aliphatic rings. The maximum absolute atomic E-state index is 11.9. The second kappa shape index (κ2) is 5.34. The Hall–Kier alpha value is -1.35. The number of nitrogens with two attached hydrogens (primary N) is 1. The smallest absolute Gasteiger partial charge is 0.217 e. The summed E-state index contributed by atoms with van der Waals surface area (Å²) in [4.78, 5) is 11.9. The Morgan fingerprint density at radius 3 is 2.57 bits per heavy atom. The summed E-state index contributed by atoms with van der Waals surface area (Å²) in [7, 11) is 0. The summed E-state index contributed by atoms with van der Waals surface area (Å²) >= 11 is 0. The molecule has 1 amide bonds. The maximum Gasteiger partial charge on any atom is 0.217 e. The van der Waals surface area contributed by atoms with Gasteiger partial charge in [-0.15, -0.1) is 0 Å². The second-order valence-electron chi connectivity index (χ2n) is 8.44. The summed E-state index contributed by atoms with van der Waals surface area (Å²) in [6.45, 7) is 2.25. The molecule has 1 aromatic rings. The van der Waals surface area contributed by atoms with Crippen molar-refractivity contribution in [1.82, 2.24) is 0 Å². The van der Waals surface area contributed by atoms with Gasteiger partial charge in [0.15, 0.2) is 0 Å². The van der Waals surface area contributed by atoms with Gasteiger partial charge in [0, 0.05) is 6.42 Å². The van der Waals surface area contributed by atoms with E-state index < -0.39 is 0 Å². The molecule has 0 spiro atoms. The molecule has 3 unspecified atom stereocenters. The van der Waals surface area contributed by atoms with Crippen LogP contribution in [-0.2, 0) is 11.4 Å². The molecule has 0 aromatic heterocycles. The molecular formula is C20H27NO2. The van der Waals surface area contributed by atoms with Crippen LogP contribution in [0, 0.1) is 30.1 Å². The van der Waals surface area contributed by atoms with Crippen LogP contribution in [0.2, 0.25) is 0 Å². The lowest BCUT2D eigenvalue weighted by atomic mass is 9.43. The first-order valence-electron chi connectivity index (χ1n) is 8.99. The SMILES string of the molecule is Cc1ccc(CO)cc1C1C2CC3CC(C2)CC1(CC(N)=O)C3. The Labute approximate surface area is 138 Å². The molecule has 3 heteroatoms. The third kappa shape index (κ3) is 2.40. The topological polar surface area (TPSA) is 63.3 Å². The van der Waals surface area contributed by atoms with E-state index >= 15 is 0 Å². The zero-order chi connectivity index (χ0) is 16.2. The lowest BCUT2D eigenvalue weighted by molar-refractivity contribution is -0.129. The fraction of sp³-hybridized carbons (Fsp3) is 0.650. The van der Waals surface area contributed by atoms with E-state index in [1.54, 1.807) is 0 Å². The highest BCUT2D eigenvalue weighted by Gasteiger charge is 2.57. The lowest BCUT2D eigenvalue weighted by Crippen LogP contribution is -2.52. The van der Waals surface area contributed by atoms with Gasteiger partial charge in [0.1, 0.15) is 0 Å². The van der Waals surface area contributed by atoms with Crippen molar-refractivity contribution in [2.75, 3.05) is 0 Å². The molecular weight excluding hydrogens is 286 g/mol. The van der Waals surface area contributed by atoms with Gasteiger partial charge in [-0.25, -0.2) is 0 Å². The van der Waals surface area contributed by atoms with Crippen LogP contribution in [0.5, 0.6) is 0 Å². The van der Waals surface area contributed by atoms with Crippen LogP contribution in [-0.4, -0.2) is 11.0 Å². The Morgan fingerprint density at radius 2 is 1.96 bits per heavy atom.